The van der Waals surface area contributed by atoms with Crippen LogP contribution in [0.3, 0.4) is 0 Å². The van der Waals surface area contributed by atoms with E-state index >= 15 is 0 Å². The summed E-state index contributed by atoms with van der Waals surface area (Å²) in [7, 11) is 0. The maximum Gasteiger partial charge on any atom is 0.412 e. The van der Waals surface area contributed by atoms with Gasteiger partial charge in [0.25, 0.3) is 0 Å². The number of carbonyl (C=O) groups excluding carboxylic acids is 1. The quantitative estimate of drug-likeness (QED) is 0.774. The molecule has 1 aliphatic heterocycles. The first-order valence-electron chi connectivity index (χ1n) is 5.76. The lowest BCUT2D eigenvalue weighted by Gasteiger charge is -2.36. The number of amides is 1. The highest BCUT2D eigenvalue weighted by molar-refractivity contribution is 5.68. The summed E-state index contributed by atoms with van der Waals surface area (Å²) in [6.45, 7) is 10.2. The molecule has 1 unspecified atom stereocenters. The third-order valence-electron chi connectivity index (χ3n) is 2.18. The SMILES string of the molecule is CCOC1CNCCN1C(=O)OC(C)(C)C. The zero-order valence-corrected chi connectivity index (χ0v) is 10.6. The maximum atomic E-state index is 11.9. The van der Waals surface area contributed by atoms with Crippen LogP contribution < -0.4 is 5.32 Å². The lowest BCUT2D eigenvalue weighted by Crippen LogP contribution is -2.55. The highest BCUT2D eigenvalue weighted by atomic mass is 16.6. The van der Waals surface area contributed by atoms with Gasteiger partial charge < -0.3 is 14.8 Å². The van der Waals surface area contributed by atoms with Gasteiger partial charge in [-0.2, -0.15) is 0 Å². The summed E-state index contributed by atoms with van der Waals surface area (Å²) in [6, 6.07) is 0. The molecule has 1 atom stereocenters. The minimum Gasteiger partial charge on any atom is -0.444 e. The predicted octanol–water partition coefficient (Wildman–Crippen LogP) is 1.19. The lowest BCUT2D eigenvalue weighted by atomic mass is 10.2. The first kappa shape index (κ1) is 13.3. The molecule has 0 radical (unpaired) electrons. The van der Waals surface area contributed by atoms with E-state index in [1.807, 2.05) is 27.7 Å². The summed E-state index contributed by atoms with van der Waals surface area (Å²) in [5, 5.41) is 3.19. The summed E-state index contributed by atoms with van der Waals surface area (Å²) >= 11 is 0. The Labute approximate surface area is 97.1 Å². The third kappa shape index (κ3) is 3.98. The van der Waals surface area contributed by atoms with Crippen molar-refractivity contribution in [3.05, 3.63) is 0 Å². The van der Waals surface area contributed by atoms with Crippen LogP contribution in [0.15, 0.2) is 0 Å². The molecule has 1 aliphatic rings. The number of carbonyl (C=O) groups is 1. The van der Waals surface area contributed by atoms with E-state index in [1.54, 1.807) is 4.90 Å². The van der Waals surface area contributed by atoms with Crippen LogP contribution >= 0.6 is 0 Å². The molecule has 0 spiro atoms. The Morgan fingerprint density at radius 1 is 1.50 bits per heavy atom. The second-order valence-corrected chi connectivity index (χ2v) is 4.79. The number of piperazine rings is 1. The van der Waals surface area contributed by atoms with Gasteiger partial charge in [0.1, 0.15) is 11.8 Å². The molecule has 0 aliphatic carbocycles. The molecular formula is C11H22N2O3. The average molecular weight is 230 g/mol. The van der Waals surface area contributed by atoms with Crippen LogP contribution in [0.4, 0.5) is 4.79 Å². The molecule has 1 heterocycles. The fourth-order valence-corrected chi connectivity index (χ4v) is 1.55. The highest BCUT2D eigenvalue weighted by Crippen LogP contribution is 2.13. The van der Waals surface area contributed by atoms with Crippen LogP contribution in [0.25, 0.3) is 0 Å². The Kier molecular flexibility index (Phi) is 4.56. The lowest BCUT2D eigenvalue weighted by molar-refractivity contribution is -0.0723. The Balaban J connectivity index is 2.57. The van der Waals surface area contributed by atoms with Gasteiger partial charge in [0.05, 0.1) is 0 Å². The standard InChI is InChI=1S/C11H22N2O3/c1-5-15-9-8-12-6-7-13(9)10(14)16-11(2,3)4/h9,12H,5-8H2,1-4H3. The molecule has 1 N–H and O–H groups in total. The third-order valence-corrected chi connectivity index (χ3v) is 2.18. The molecule has 16 heavy (non-hydrogen) atoms. The molecule has 1 amide bonds. The second-order valence-electron chi connectivity index (χ2n) is 4.79. The van der Waals surface area contributed by atoms with Crippen molar-refractivity contribution in [3.63, 3.8) is 0 Å². The molecule has 0 aromatic heterocycles. The molecular weight excluding hydrogens is 208 g/mol. The molecule has 5 heteroatoms. The molecule has 1 rings (SSSR count). The molecule has 0 aromatic rings. The van der Waals surface area contributed by atoms with Crippen molar-refractivity contribution in [2.24, 2.45) is 0 Å². The van der Waals surface area contributed by atoms with Gasteiger partial charge in [0, 0.05) is 26.2 Å². The van der Waals surface area contributed by atoms with Crippen molar-refractivity contribution in [2.75, 3.05) is 26.2 Å². The molecule has 5 nitrogen and oxygen atoms in total. The summed E-state index contributed by atoms with van der Waals surface area (Å²) < 4.78 is 10.8. The van der Waals surface area contributed by atoms with Crippen LogP contribution in [0.2, 0.25) is 0 Å². The van der Waals surface area contributed by atoms with Crippen molar-refractivity contribution < 1.29 is 14.3 Å². The molecule has 1 fully saturated rings. The number of rotatable bonds is 2. The van der Waals surface area contributed by atoms with Gasteiger partial charge in [-0.05, 0) is 27.7 Å². The number of hydrogen-bond donors (Lipinski definition) is 1. The zero-order chi connectivity index (χ0) is 12.2. The number of nitrogens with zero attached hydrogens (tertiary/aromatic N) is 1. The molecule has 1 saturated heterocycles. The summed E-state index contributed by atoms with van der Waals surface area (Å²) in [5.41, 5.74) is -0.460. The molecule has 0 bridgehead atoms. The summed E-state index contributed by atoms with van der Waals surface area (Å²) in [4.78, 5) is 13.5. The van der Waals surface area contributed by atoms with Gasteiger partial charge >= 0.3 is 6.09 Å². The summed E-state index contributed by atoms with van der Waals surface area (Å²) in [6.07, 6.45) is -0.513. The molecule has 0 aromatic carbocycles. The predicted molar refractivity (Wildman–Crippen MR) is 61.2 cm³/mol. The topological polar surface area (TPSA) is 50.8 Å². The fraction of sp³-hybridized carbons (Fsp3) is 0.909. The van der Waals surface area contributed by atoms with Gasteiger partial charge in [-0.15, -0.1) is 0 Å². The Morgan fingerprint density at radius 2 is 2.19 bits per heavy atom. The fourth-order valence-electron chi connectivity index (χ4n) is 1.55. The minimum absolute atomic E-state index is 0.214. The van der Waals surface area contributed by atoms with Crippen LogP contribution in [0, 0.1) is 0 Å². The molecule has 0 saturated carbocycles. The van der Waals surface area contributed by atoms with Gasteiger partial charge in [0.2, 0.25) is 0 Å². The minimum atomic E-state index is -0.460. The van der Waals surface area contributed by atoms with Crippen molar-refractivity contribution >= 4 is 6.09 Å². The highest BCUT2D eigenvalue weighted by Gasteiger charge is 2.30. The van der Waals surface area contributed by atoms with Crippen molar-refractivity contribution in [2.45, 2.75) is 39.5 Å². The van der Waals surface area contributed by atoms with Crippen molar-refractivity contribution in [3.8, 4) is 0 Å². The van der Waals surface area contributed by atoms with Crippen LogP contribution in [-0.4, -0.2) is 49.1 Å². The monoisotopic (exact) mass is 230 g/mol. The van der Waals surface area contributed by atoms with E-state index in [2.05, 4.69) is 5.32 Å². The Bertz CT molecular complexity index is 236. The smallest absolute Gasteiger partial charge is 0.412 e. The Hall–Kier alpha value is -0.810. The van der Waals surface area contributed by atoms with Gasteiger partial charge in [-0.1, -0.05) is 0 Å². The van der Waals surface area contributed by atoms with E-state index in [0.29, 0.717) is 19.7 Å². The summed E-state index contributed by atoms with van der Waals surface area (Å²) in [5.74, 6) is 0. The largest absolute Gasteiger partial charge is 0.444 e. The van der Waals surface area contributed by atoms with E-state index in [4.69, 9.17) is 9.47 Å². The van der Waals surface area contributed by atoms with E-state index in [-0.39, 0.29) is 12.3 Å². The van der Waals surface area contributed by atoms with E-state index < -0.39 is 5.60 Å². The van der Waals surface area contributed by atoms with E-state index in [1.165, 1.54) is 0 Å². The second kappa shape index (κ2) is 5.50. The first-order chi connectivity index (χ1) is 7.44. The van der Waals surface area contributed by atoms with Crippen molar-refractivity contribution in [1.82, 2.24) is 10.2 Å². The first-order valence-corrected chi connectivity index (χ1v) is 5.76. The van der Waals surface area contributed by atoms with Crippen molar-refractivity contribution in [1.29, 1.82) is 0 Å². The maximum absolute atomic E-state index is 11.9. The van der Waals surface area contributed by atoms with Gasteiger partial charge in [-0.25, -0.2) is 4.79 Å². The number of hydrogen-bond acceptors (Lipinski definition) is 4. The van der Waals surface area contributed by atoms with Crippen LogP contribution in [0.5, 0.6) is 0 Å². The number of nitrogens with one attached hydrogen (secondary N) is 1. The zero-order valence-electron chi connectivity index (χ0n) is 10.6. The van der Waals surface area contributed by atoms with E-state index in [0.717, 1.165) is 6.54 Å². The van der Waals surface area contributed by atoms with E-state index in [9.17, 15) is 4.79 Å². The normalized spacial score (nSPS) is 22.0. The average Bonchev–Trinajstić information content (AvgIpc) is 2.16. The van der Waals surface area contributed by atoms with Crippen LogP contribution in [-0.2, 0) is 9.47 Å². The van der Waals surface area contributed by atoms with Crippen LogP contribution in [0.1, 0.15) is 27.7 Å². The number of ether oxygens (including phenoxy) is 2. The Morgan fingerprint density at radius 3 is 2.75 bits per heavy atom. The molecule has 94 valence electrons. The van der Waals surface area contributed by atoms with Gasteiger partial charge in [-0.3, -0.25) is 4.90 Å². The van der Waals surface area contributed by atoms with Gasteiger partial charge in [0.15, 0.2) is 0 Å².